The van der Waals surface area contributed by atoms with Gasteiger partial charge in [0, 0.05) is 38.3 Å². The van der Waals surface area contributed by atoms with Gasteiger partial charge < -0.3 is 10.5 Å². The van der Waals surface area contributed by atoms with Crippen molar-refractivity contribution < 1.29 is 4.74 Å². The summed E-state index contributed by atoms with van der Waals surface area (Å²) in [5.41, 5.74) is 5.42. The molecule has 0 saturated carbocycles. The normalized spacial score (nSPS) is 28.1. The number of nitrogens with zero attached hydrogens (tertiary/aromatic N) is 2. The molecule has 4 nitrogen and oxygen atoms in total. The molecule has 2 atom stereocenters. The van der Waals surface area contributed by atoms with Gasteiger partial charge in [0.2, 0.25) is 0 Å². The van der Waals surface area contributed by atoms with Gasteiger partial charge in [-0.1, -0.05) is 6.42 Å². The van der Waals surface area contributed by atoms with Gasteiger partial charge in [-0.2, -0.15) is 0 Å². The Hall–Kier alpha value is 0.420. The van der Waals surface area contributed by atoms with E-state index in [1.165, 1.54) is 38.9 Å². The second-order valence-electron chi connectivity index (χ2n) is 5.39. The molecule has 2 N–H and O–H groups in total. The molecule has 19 heavy (non-hydrogen) atoms. The summed E-state index contributed by atoms with van der Waals surface area (Å²) in [4.78, 5) is 5.27. The van der Waals surface area contributed by atoms with Gasteiger partial charge in [0.15, 0.2) is 0 Å². The van der Waals surface area contributed by atoms with E-state index in [0.29, 0.717) is 19.2 Å². The third kappa shape index (κ3) is 5.74. The average Bonchev–Trinajstić information content (AvgIpc) is 2.35. The SMILES string of the molecule is CC1CN2CCCCC2CN1CCOCCN.Cl.Cl. The highest BCUT2D eigenvalue weighted by molar-refractivity contribution is 5.85. The highest BCUT2D eigenvalue weighted by atomic mass is 35.5. The summed E-state index contributed by atoms with van der Waals surface area (Å²) in [7, 11) is 0. The minimum absolute atomic E-state index is 0. The van der Waals surface area contributed by atoms with Crippen LogP contribution in [0.3, 0.4) is 0 Å². The lowest BCUT2D eigenvalue weighted by Crippen LogP contribution is -2.59. The Morgan fingerprint density at radius 1 is 1.16 bits per heavy atom. The van der Waals surface area contributed by atoms with Crippen LogP contribution in [0.1, 0.15) is 26.2 Å². The number of halogens is 2. The monoisotopic (exact) mass is 313 g/mol. The van der Waals surface area contributed by atoms with Crippen LogP contribution < -0.4 is 5.73 Å². The van der Waals surface area contributed by atoms with E-state index in [-0.39, 0.29) is 24.8 Å². The zero-order chi connectivity index (χ0) is 12.1. The number of hydrogen-bond donors (Lipinski definition) is 1. The Balaban J connectivity index is 0.00000162. The average molecular weight is 314 g/mol. The van der Waals surface area contributed by atoms with Crippen LogP contribution >= 0.6 is 24.8 Å². The molecule has 2 saturated heterocycles. The molecule has 116 valence electrons. The summed E-state index contributed by atoms with van der Waals surface area (Å²) < 4.78 is 5.49. The van der Waals surface area contributed by atoms with Gasteiger partial charge in [-0.05, 0) is 26.3 Å². The molecule has 2 rings (SSSR count). The van der Waals surface area contributed by atoms with Gasteiger partial charge in [0.05, 0.1) is 13.2 Å². The van der Waals surface area contributed by atoms with Gasteiger partial charge in [0.25, 0.3) is 0 Å². The summed E-state index contributed by atoms with van der Waals surface area (Å²) in [6.45, 7) is 9.33. The van der Waals surface area contributed by atoms with E-state index in [1.807, 2.05) is 0 Å². The van der Waals surface area contributed by atoms with Gasteiger partial charge >= 0.3 is 0 Å². The summed E-state index contributed by atoms with van der Waals surface area (Å²) >= 11 is 0. The summed E-state index contributed by atoms with van der Waals surface area (Å²) in [5.74, 6) is 0. The predicted octanol–water partition coefficient (Wildman–Crippen LogP) is 1.36. The van der Waals surface area contributed by atoms with Gasteiger partial charge in [0.1, 0.15) is 0 Å². The largest absolute Gasteiger partial charge is 0.379 e. The van der Waals surface area contributed by atoms with Crippen molar-refractivity contribution in [3.8, 4) is 0 Å². The van der Waals surface area contributed by atoms with Crippen LogP contribution in [0.5, 0.6) is 0 Å². The lowest BCUT2D eigenvalue weighted by molar-refractivity contribution is 0.0000661. The molecule has 2 fully saturated rings. The van der Waals surface area contributed by atoms with E-state index in [4.69, 9.17) is 10.5 Å². The van der Waals surface area contributed by atoms with E-state index in [2.05, 4.69) is 16.7 Å². The lowest BCUT2D eigenvalue weighted by Gasteiger charge is -2.47. The van der Waals surface area contributed by atoms with Crippen LogP contribution in [-0.2, 0) is 4.74 Å². The minimum atomic E-state index is 0. The first kappa shape index (κ1) is 19.4. The van der Waals surface area contributed by atoms with E-state index in [0.717, 1.165) is 19.2 Å². The molecule has 0 amide bonds. The summed E-state index contributed by atoms with van der Waals surface area (Å²) in [6.07, 6.45) is 4.18. The van der Waals surface area contributed by atoms with Crippen molar-refractivity contribution in [2.45, 2.75) is 38.3 Å². The first-order valence-electron chi connectivity index (χ1n) is 7.07. The Kier molecular flexibility index (Phi) is 10.4. The summed E-state index contributed by atoms with van der Waals surface area (Å²) in [6, 6.07) is 1.47. The second kappa shape index (κ2) is 10.2. The van der Waals surface area contributed by atoms with Crippen molar-refractivity contribution in [1.82, 2.24) is 9.80 Å². The summed E-state index contributed by atoms with van der Waals surface area (Å²) in [5, 5.41) is 0. The highest BCUT2D eigenvalue weighted by Gasteiger charge is 2.32. The molecular weight excluding hydrogens is 285 g/mol. The fourth-order valence-corrected chi connectivity index (χ4v) is 3.09. The third-order valence-electron chi connectivity index (χ3n) is 4.10. The van der Waals surface area contributed by atoms with Crippen LogP contribution in [0, 0.1) is 0 Å². The maximum Gasteiger partial charge on any atom is 0.0594 e. The predicted molar refractivity (Wildman–Crippen MR) is 84.6 cm³/mol. The van der Waals surface area contributed by atoms with Gasteiger partial charge in [-0.25, -0.2) is 0 Å². The van der Waals surface area contributed by atoms with E-state index in [1.54, 1.807) is 0 Å². The molecule has 2 heterocycles. The Morgan fingerprint density at radius 3 is 2.68 bits per heavy atom. The van der Waals surface area contributed by atoms with Crippen molar-refractivity contribution >= 4 is 24.8 Å². The molecule has 2 aliphatic heterocycles. The van der Waals surface area contributed by atoms with Crippen molar-refractivity contribution in [2.24, 2.45) is 5.73 Å². The van der Waals surface area contributed by atoms with Crippen LogP contribution in [0.2, 0.25) is 0 Å². The number of rotatable bonds is 5. The fourth-order valence-electron chi connectivity index (χ4n) is 3.09. The molecule has 6 heteroatoms. The molecule has 0 aromatic rings. The standard InChI is InChI=1S/C13H27N3O.2ClH/c1-12-10-16-6-3-2-4-13(16)11-15(12)7-9-17-8-5-14;;/h12-13H,2-11,14H2,1H3;2*1H. The molecule has 2 aliphatic rings. The number of fused-ring (bicyclic) bond motifs is 1. The number of hydrogen-bond acceptors (Lipinski definition) is 4. The number of piperidine rings is 1. The first-order valence-corrected chi connectivity index (χ1v) is 7.07. The van der Waals surface area contributed by atoms with Crippen LogP contribution in [0.25, 0.3) is 0 Å². The van der Waals surface area contributed by atoms with E-state index in [9.17, 15) is 0 Å². The maximum absolute atomic E-state index is 5.49. The Morgan fingerprint density at radius 2 is 1.95 bits per heavy atom. The van der Waals surface area contributed by atoms with Crippen LogP contribution in [-0.4, -0.2) is 67.8 Å². The van der Waals surface area contributed by atoms with Gasteiger partial charge in [-0.3, -0.25) is 9.80 Å². The smallest absolute Gasteiger partial charge is 0.0594 e. The molecule has 0 aromatic carbocycles. The maximum atomic E-state index is 5.49. The minimum Gasteiger partial charge on any atom is -0.379 e. The number of nitrogens with two attached hydrogens (primary N) is 1. The molecule has 0 aromatic heterocycles. The zero-order valence-electron chi connectivity index (χ0n) is 11.9. The van der Waals surface area contributed by atoms with Gasteiger partial charge in [-0.15, -0.1) is 24.8 Å². The van der Waals surface area contributed by atoms with E-state index >= 15 is 0 Å². The molecule has 0 bridgehead atoms. The first-order chi connectivity index (χ1) is 8.31. The van der Waals surface area contributed by atoms with Crippen LogP contribution in [0.15, 0.2) is 0 Å². The topological polar surface area (TPSA) is 41.7 Å². The van der Waals surface area contributed by atoms with Crippen molar-refractivity contribution in [1.29, 1.82) is 0 Å². The van der Waals surface area contributed by atoms with Crippen molar-refractivity contribution in [3.05, 3.63) is 0 Å². The quantitative estimate of drug-likeness (QED) is 0.778. The lowest BCUT2D eigenvalue weighted by atomic mass is 9.97. The molecular formula is C13H29Cl2N3O. The molecule has 2 unspecified atom stereocenters. The van der Waals surface area contributed by atoms with Crippen molar-refractivity contribution in [3.63, 3.8) is 0 Å². The zero-order valence-corrected chi connectivity index (χ0v) is 13.6. The third-order valence-corrected chi connectivity index (χ3v) is 4.10. The number of piperazine rings is 1. The molecule has 0 spiro atoms. The Bertz CT molecular complexity index is 234. The number of ether oxygens (including phenoxy) is 1. The fraction of sp³-hybridized carbons (Fsp3) is 1.00. The highest BCUT2D eigenvalue weighted by Crippen LogP contribution is 2.23. The van der Waals surface area contributed by atoms with Crippen molar-refractivity contribution in [2.75, 3.05) is 45.9 Å². The molecule has 0 radical (unpaired) electrons. The molecule has 0 aliphatic carbocycles. The van der Waals surface area contributed by atoms with Crippen LogP contribution in [0.4, 0.5) is 0 Å². The second-order valence-corrected chi connectivity index (χ2v) is 5.39. The van der Waals surface area contributed by atoms with E-state index < -0.39 is 0 Å². The Labute approximate surface area is 129 Å².